The third-order valence-corrected chi connectivity index (χ3v) is 4.34. The summed E-state index contributed by atoms with van der Waals surface area (Å²) < 4.78 is 0. The van der Waals surface area contributed by atoms with E-state index < -0.39 is 0 Å². The molecule has 1 saturated heterocycles. The molecule has 1 heterocycles. The molecular formula is C19H33N5. The largest absolute Gasteiger partial charge is 0.369 e. The van der Waals surface area contributed by atoms with Crippen LogP contribution in [0.3, 0.4) is 0 Å². The van der Waals surface area contributed by atoms with Crippen molar-refractivity contribution in [2.24, 2.45) is 4.99 Å². The van der Waals surface area contributed by atoms with E-state index in [-0.39, 0.29) is 0 Å². The number of hydrogen-bond donors (Lipinski definition) is 2. The summed E-state index contributed by atoms with van der Waals surface area (Å²) in [6.45, 7) is 11.0. The second-order valence-corrected chi connectivity index (χ2v) is 6.67. The molecule has 134 valence electrons. The fourth-order valence-corrected chi connectivity index (χ4v) is 3.00. The van der Waals surface area contributed by atoms with Crippen molar-refractivity contribution in [2.45, 2.75) is 32.7 Å². The van der Waals surface area contributed by atoms with Crippen LogP contribution in [0.5, 0.6) is 0 Å². The van der Waals surface area contributed by atoms with E-state index in [4.69, 9.17) is 0 Å². The van der Waals surface area contributed by atoms with Gasteiger partial charge in [-0.15, -0.1) is 0 Å². The Hall–Kier alpha value is -1.75. The van der Waals surface area contributed by atoms with Gasteiger partial charge in [-0.25, -0.2) is 0 Å². The Kier molecular flexibility index (Phi) is 7.89. The molecule has 0 unspecified atom stereocenters. The molecule has 0 bridgehead atoms. The predicted molar refractivity (Wildman–Crippen MR) is 104 cm³/mol. The van der Waals surface area contributed by atoms with Crippen LogP contribution in [-0.4, -0.2) is 63.2 Å². The van der Waals surface area contributed by atoms with Crippen LogP contribution >= 0.6 is 0 Å². The average Bonchev–Trinajstić information content (AvgIpc) is 2.61. The Bertz CT molecular complexity index is 478. The summed E-state index contributed by atoms with van der Waals surface area (Å²) in [5.41, 5.74) is 1.35. The maximum atomic E-state index is 4.23. The highest BCUT2D eigenvalue weighted by Crippen LogP contribution is 2.15. The zero-order chi connectivity index (χ0) is 17.2. The number of nitrogens with zero attached hydrogens (tertiary/aromatic N) is 3. The summed E-state index contributed by atoms with van der Waals surface area (Å²) in [5, 5.41) is 6.69. The molecule has 0 aromatic heterocycles. The minimum Gasteiger partial charge on any atom is -0.369 e. The molecule has 1 fully saturated rings. The van der Waals surface area contributed by atoms with Crippen molar-refractivity contribution >= 4 is 11.6 Å². The van der Waals surface area contributed by atoms with Crippen molar-refractivity contribution in [2.75, 3.05) is 51.2 Å². The summed E-state index contributed by atoms with van der Waals surface area (Å²) >= 11 is 0. The van der Waals surface area contributed by atoms with Gasteiger partial charge in [0.25, 0.3) is 0 Å². The molecule has 5 heteroatoms. The molecule has 5 nitrogen and oxygen atoms in total. The van der Waals surface area contributed by atoms with Crippen LogP contribution in [0.1, 0.15) is 26.7 Å². The first kappa shape index (κ1) is 18.6. The molecule has 1 aromatic rings. The number of piperazine rings is 1. The minimum absolute atomic E-state index is 0.414. The average molecular weight is 332 g/mol. The van der Waals surface area contributed by atoms with Gasteiger partial charge >= 0.3 is 0 Å². The Morgan fingerprint density at radius 1 is 1.08 bits per heavy atom. The van der Waals surface area contributed by atoms with E-state index in [0.29, 0.717) is 6.04 Å². The van der Waals surface area contributed by atoms with Crippen LogP contribution in [0.15, 0.2) is 35.3 Å². The molecule has 2 rings (SSSR count). The third-order valence-electron chi connectivity index (χ3n) is 4.34. The summed E-state index contributed by atoms with van der Waals surface area (Å²) in [7, 11) is 1.82. The van der Waals surface area contributed by atoms with Crippen molar-refractivity contribution in [1.82, 2.24) is 15.5 Å². The zero-order valence-electron chi connectivity index (χ0n) is 15.5. The molecule has 24 heavy (non-hydrogen) atoms. The first-order valence-electron chi connectivity index (χ1n) is 9.18. The maximum absolute atomic E-state index is 4.23. The number of anilines is 1. The van der Waals surface area contributed by atoms with Crippen LogP contribution < -0.4 is 15.5 Å². The predicted octanol–water partition coefficient (Wildman–Crippen LogP) is 2.16. The van der Waals surface area contributed by atoms with E-state index in [1.54, 1.807) is 0 Å². The van der Waals surface area contributed by atoms with E-state index in [1.807, 2.05) is 7.05 Å². The number of benzene rings is 1. The van der Waals surface area contributed by atoms with Gasteiger partial charge in [0.2, 0.25) is 0 Å². The first-order chi connectivity index (χ1) is 11.7. The van der Waals surface area contributed by atoms with Gasteiger partial charge in [-0.05, 0) is 45.4 Å². The Balaban J connectivity index is 1.57. The summed E-state index contributed by atoms with van der Waals surface area (Å²) in [4.78, 5) is 9.30. The SMILES string of the molecule is CN=C(NCCCCN1CCN(c2ccccc2)CC1)NC(C)C. The Labute approximate surface area is 147 Å². The van der Waals surface area contributed by atoms with E-state index in [2.05, 4.69) is 69.6 Å². The number of nitrogens with one attached hydrogen (secondary N) is 2. The molecular weight excluding hydrogens is 298 g/mol. The molecule has 0 aliphatic carbocycles. The maximum Gasteiger partial charge on any atom is 0.191 e. The lowest BCUT2D eigenvalue weighted by molar-refractivity contribution is 0.253. The van der Waals surface area contributed by atoms with Gasteiger partial charge in [0.1, 0.15) is 0 Å². The van der Waals surface area contributed by atoms with Crippen LogP contribution in [-0.2, 0) is 0 Å². The third kappa shape index (κ3) is 6.40. The van der Waals surface area contributed by atoms with Gasteiger partial charge in [-0.1, -0.05) is 18.2 Å². The number of unbranched alkanes of at least 4 members (excludes halogenated alkanes) is 1. The van der Waals surface area contributed by atoms with Gasteiger partial charge in [0.05, 0.1) is 0 Å². The van der Waals surface area contributed by atoms with Crippen LogP contribution in [0.4, 0.5) is 5.69 Å². The molecule has 1 aliphatic heterocycles. The molecule has 0 atom stereocenters. The molecule has 0 saturated carbocycles. The van der Waals surface area contributed by atoms with Crippen molar-refractivity contribution in [3.63, 3.8) is 0 Å². The minimum atomic E-state index is 0.414. The zero-order valence-corrected chi connectivity index (χ0v) is 15.5. The number of guanidine groups is 1. The van der Waals surface area contributed by atoms with Crippen molar-refractivity contribution < 1.29 is 0 Å². The van der Waals surface area contributed by atoms with Crippen molar-refractivity contribution in [3.05, 3.63) is 30.3 Å². The smallest absolute Gasteiger partial charge is 0.191 e. The summed E-state index contributed by atoms with van der Waals surface area (Å²) in [5.74, 6) is 0.904. The first-order valence-corrected chi connectivity index (χ1v) is 9.18. The fourth-order valence-electron chi connectivity index (χ4n) is 3.00. The molecule has 0 radical (unpaired) electrons. The van der Waals surface area contributed by atoms with E-state index >= 15 is 0 Å². The number of rotatable bonds is 7. The number of hydrogen-bond acceptors (Lipinski definition) is 3. The van der Waals surface area contributed by atoms with Crippen molar-refractivity contribution in [1.29, 1.82) is 0 Å². The second kappa shape index (κ2) is 10.2. The van der Waals surface area contributed by atoms with Gasteiger partial charge in [0, 0.05) is 51.5 Å². The van der Waals surface area contributed by atoms with E-state index in [1.165, 1.54) is 38.2 Å². The van der Waals surface area contributed by atoms with Crippen LogP contribution in [0.2, 0.25) is 0 Å². The lowest BCUT2D eigenvalue weighted by Gasteiger charge is -2.36. The Morgan fingerprint density at radius 2 is 1.79 bits per heavy atom. The lowest BCUT2D eigenvalue weighted by Crippen LogP contribution is -2.46. The monoisotopic (exact) mass is 331 g/mol. The van der Waals surface area contributed by atoms with Gasteiger partial charge < -0.3 is 15.5 Å². The lowest BCUT2D eigenvalue weighted by atomic mass is 10.2. The van der Waals surface area contributed by atoms with Crippen molar-refractivity contribution in [3.8, 4) is 0 Å². The topological polar surface area (TPSA) is 42.9 Å². The van der Waals surface area contributed by atoms with E-state index in [0.717, 1.165) is 25.6 Å². The standard InChI is InChI=1S/C19H33N5/c1-17(2)22-19(20-3)21-11-7-8-12-23-13-15-24(16-14-23)18-9-5-4-6-10-18/h4-6,9-10,17H,7-8,11-16H2,1-3H3,(H2,20,21,22). The van der Waals surface area contributed by atoms with Gasteiger partial charge in [0.15, 0.2) is 5.96 Å². The normalized spacial score (nSPS) is 16.5. The molecule has 2 N–H and O–H groups in total. The summed E-state index contributed by atoms with van der Waals surface area (Å²) in [6.07, 6.45) is 2.41. The van der Waals surface area contributed by atoms with Gasteiger partial charge in [-0.2, -0.15) is 0 Å². The molecule has 0 amide bonds. The number of para-hydroxylation sites is 1. The fraction of sp³-hybridized carbons (Fsp3) is 0.632. The second-order valence-electron chi connectivity index (χ2n) is 6.67. The number of aliphatic imine (C=N–C) groups is 1. The highest BCUT2D eigenvalue weighted by molar-refractivity contribution is 5.79. The Morgan fingerprint density at radius 3 is 2.42 bits per heavy atom. The highest BCUT2D eigenvalue weighted by Gasteiger charge is 2.16. The van der Waals surface area contributed by atoms with E-state index in [9.17, 15) is 0 Å². The molecule has 1 aliphatic rings. The summed E-state index contributed by atoms with van der Waals surface area (Å²) in [6, 6.07) is 11.2. The molecule has 0 spiro atoms. The van der Waals surface area contributed by atoms with Crippen LogP contribution in [0, 0.1) is 0 Å². The molecule has 1 aromatic carbocycles. The quantitative estimate of drug-likeness (QED) is 0.456. The van der Waals surface area contributed by atoms with Gasteiger partial charge in [-0.3, -0.25) is 9.89 Å². The van der Waals surface area contributed by atoms with Crippen LogP contribution in [0.25, 0.3) is 0 Å². The highest BCUT2D eigenvalue weighted by atomic mass is 15.3.